The number of carbonyl (C=O) groups is 2. The number of amides is 1. The fraction of sp³-hybridized carbons (Fsp3) is 0.578. The van der Waals surface area contributed by atoms with Gasteiger partial charge in [0.05, 0.1) is 27.7 Å². The maximum Gasteiger partial charge on any atom is 0.335 e. The number of carboxylic acids is 1. The number of benzene rings is 2. The summed E-state index contributed by atoms with van der Waals surface area (Å²) in [5.41, 5.74) is 5.32. The number of fused-ring (bicyclic) bond motifs is 8. The van der Waals surface area contributed by atoms with Crippen molar-refractivity contribution in [3.05, 3.63) is 82.9 Å². The van der Waals surface area contributed by atoms with E-state index in [-0.39, 0.29) is 33.0 Å². The van der Waals surface area contributed by atoms with Gasteiger partial charge in [-0.25, -0.2) is 9.78 Å². The van der Waals surface area contributed by atoms with Crippen molar-refractivity contribution >= 4 is 39.0 Å². The fourth-order valence-corrected chi connectivity index (χ4v) is 14.7. The van der Waals surface area contributed by atoms with Gasteiger partial charge in [-0.3, -0.25) is 4.79 Å². The van der Waals surface area contributed by atoms with Gasteiger partial charge in [-0.1, -0.05) is 77.1 Å². The predicted octanol–water partition coefficient (Wildman–Crippen LogP) is 11.0. The number of carbonyl (C=O) groups excluding carboxylic acids is 1. The van der Waals surface area contributed by atoms with E-state index in [9.17, 15) is 14.7 Å². The van der Waals surface area contributed by atoms with E-state index in [0.29, 0.717) is 41.7 Å². The zero-order chi connectivity index (χ0) is 36.1. The topological polar surface area (TPSA) is 79.3 Å². The van der Waals surface area contributed by atoms with E-state index in [4.69, 9.17) is 4.98 Å². The predicted molar refractivity (Wildman–Crippen MR) is 207 cm³/mol. The maximum absolute atomic E-state index is 14.6. The first-order valence-corrected chi connectivity index (χ1v) is 20.3. The number of nitrogens with one attached hydrogen (secondary N) is 1. The van der Waals surface area contributed by atoms with Crippen molar-refractivity contribution in [2.24, 2.45) is 56.7 Å². The van der Waals surface area contributed by atoms with E-state index in [0.717, 1.165) is 48.2 Å². The summed E-state index contributed by atoms with van der Waals surface area (Å²) in [5, 5.41) is 13.9. The molecule has 2 aromatic carbocycles. The molecule has 1 aromatic heterocycles. The smallest absolute Gasteiger partial charge is 0.335 e. The van der Waals surface area contributed by atoms with Crippen LogP contribution < -0.4 is 5.32 Å². The minimum atomic E-state index is -0.876. The molecule has 0 aliphatic heterocycles. The molecule has 5 nitrogen and oxygen atoms in total. The highest BCUT2D eigenvalue weighted by molar-refractivity contribution is 7.18. The minimum Gasteiger partial charge on any atom is -0.478 e. The number of aromatic carboxylic acids is 1. The Bertz CT molecular complexity index is 1910. The molecule has 270 valence electrons. The molecular formula is C45H56N2O3S. The zero-order valence-corrected chi connectivity index (χ0v) is 32.3. The molecular weight excluding hydrogens is 649 g/mol. The van der Waals surface area contributed by atoms with E-state index in [1.807, 2.05) is 18.2 Å². The summed E-state index contributed by atoms with van der Waals surface area (Å²) in [4.78, 5) is 31.0. The van der Waals surface area contributed by atoms with Gasteiger partial charge in [-0.15, -0.1) is 11.3 Å². The molecule has 1 amide bonds. The third-order valence-electron chi connectivity index (χ3n) is 16.3. The van der Waals surface area contributed by atoms with Crippen molar-refractivity contribution in [2.45, 2.75) is 106 Å². The Balaban J connectivity index is 1.09. The zero-order valence-electron chi connectivity index (χ0n) is 31.5. The van der Waals surface area contributed by atoms with Crippen LogP contribution in [0.4, 0.5) is 0 Å². The second-order valence-electron chi connectivity index (χ2n) is 18.5. The summed E-state index contributed by atoms with van der Waals surface area (Å²) in [7, 11) is 0. The highest BCUT2D eigenvalue weighted by atomic mass is 32.1. The molecule has 2 unspecified atom stereocenters. The van der Waals surface area contributed by atoms with Crippen molar-refractivity contribution < 1.29 is 14.7 Å². The molecule has 3 aromatic rings. The second-order valence-corrected chi connectivity index (χ2v) is 19.6. The van der Waals surface area contributed by atoms with Gasteiger partial charge < -0.3 is 10.4 Å². The lowest BCUT2D eigenvalue weighted by molar-refractivity contribution is -0.225. The van der Waals surface area contributed by atoms with Crippen LogP contribution in [0.1, 0.15) is 120 Å². The average Bonchev–Trinajstić information content (AvgIpc) is 3.70. The van der Waals surface area contributed by atoms with Crippen LogP contribution in [0.25, 0.3) is 15.8 Å². The highest BCUT2D eigenvalue weighted by Gasteiger charge is 2.71. The number of nitrogens with zero attached hydrogens (tertiary/aromatic N) is 1. The van der Waals surface area contributed by atoms with E-state index >= 15 is 0 Å². The Hall–Kier alpha value is -3.25. The average molecular weight is 705 g/mol. The third-order valence-corrected chi connectivity index (χ3v) is 17.3. The fourth-order valence-electron chi connectivity index (χ4n) is 13.8. The van der Waals surface area contributed by atoms with Crippen molar-refractivity contribution in [3.8, 4) is 0 Å². The molecule has 8 rings (SSSR count). The van der Waals surface area contributed by atoms with Gasteiger partial charge >= 0.3 is 5.97 Å². The first kappa shape index (κ1) is 34.8. The van der Waals surface area contributed by atoms with Gasteiger partial charge in [0, 0.05) is 0 Å². The molecule has 9 atom stereocenters. The number of rotatable bonds is 6. The molecule has 4 fully saturated rings. The number of allylic oxidation sites excluding steroid dienone is 3. The van der Waals surface area contributed by atoms with Gasteiger partial charge in [0.15, 0.2) is 0 Å². The summed E-state index contributed by atoms with van der Waals surface area (Å²) in [6, 6.07) is 15.8. The Morgan fingerprint density at radius 2 is 1.65 bits per heavy atom. The van der Waals surface area contributed by atoms with Crippen molar-refractivity contribution in [2.75, 3.05) is 0 Å². The lowest BCUT2D eigenvalue weighted by atomic mass is 9.32. The summed E-state index contributed by atoms with van der Waals surface area (Å²) >= 11 is 1.69. The van der Waals surface area contributed by atoms with E-state index < -0.39 is 5.97 Å². The van der Waals surface area contributed by atoms with E-state index in [1.54, 1.807) is 23.5 Å². The number of thiazole rings is 1. The number of para-hydroxylation sites is 1. The molecule has 0 radical (unpaired) electrons. The summed E-state index contributed by atoms with van der Waals surface area (Å²) < 4.78 is 1.17. The standard InChI is InChI=1S/C45H56N2O3S/c1-27(2)30-18-23-45(40(50)46-26-37-47-33-10-8-9-11-34(33)51-37)25-24-43(6)32(38(30)45)16-17-36-42(5)21-19-31(28-12-14-29(15-13-28)39(48)49)41(3,4)35(42)20-22-44(36,43)7/h8-15,19,30,32,35-36,38H,1,16-18,20-26H2,2-7H3,(H,46,50)(H,48,49)/t30-,32+,35-,36?,38?,42-,43+,44+,45-/m0/s1. The third kappa shape index (κ3) is 4.93. The normalized spacial score (nSPS) is 38.1. The Labute approximate surface area is 308 Å². The molecule has 2 N–H and O–H groups in total. The van der Waals surface area contributed by atoms with Crippen LogP contribution in [-0.4, -0.2) is 22.0 Å². The molecule has 5 aliphatic carbocycles. The SMILES string of the molecule is C=C(C)[C@@H]1CC[C@]2(C(=O)NCc3nc4ccccc4s3)CC[C@]3(C)[C@H](CCC4[C@@]5(C)CC=C(c6ccc(C(=O)O)cc6)C(C)(C)[C@@H]5CC[C@]43C)C12. The van der Waals surface area contributed by atoms with Gasteiger partial charge in [-0.2, -0.15) is 0 Å². The number of carboxylic acid groups (broad SMARTS) is 1. The number of hydrogen-bond donors (Lipinski definition) is 2. The van der Waals surface area contributed by atoms with Crippen LogP contribution in [0, 0.1) is 56.7 Å². The van der Waals surface area contributed by atoms with Crippen molar-refractivity contribution in [1.29, 1.82) is 0 Å². The van der Waals surface area contributed by atoms with Crippen molar-refractivity contribution in [1.82, 2.24) is 10.3 Å². The Morgan fingerprint density at radius 1 is 0.902 bits per heavy atom. The van der Waals surface area contributed by atoms with Crippen LogP contribution in [0.2, 0.25) is 0 Å². The van der Waals surface area contributed by atoms with Gasteiger partial charge in [0.1, 0.15) is 5.01 Å². The van der Waals surface area contributed by atoms with E-state index in [2.05, 4.69) is 77.7 Å². The lowest BCUT2D eigenvalue weighted by Crippen LogP contribution is -2.66. The first-order valence-electron chi connectivity index (χ1n) is 19.5. The Kier molecular flexibility index (Phi) is 8.11. The van der Waals surface area contributed by atoms with Crippen LogP contribution in [0.15, 0.2) is 66.8 Å². The van der Waals surface area contributed by atoms with Crippen LogP contribution in [0.5, 0.6) is 0 Å². The number of hydrogen-bond acceptors (Lipinski definition) is 4. The highest BCUT2D eigenvalue weighted by Crippen LogP contribution is 2.77. The summed E-state index contributed by atoms with van der Waals surface area (Å²) in [6.07, 6.45) is 12.5. The summed E-state index contributed by atoms with van der Waals surface area (Å²) in [6.45, 7) is 20.1. The molecule has 4 saturated carbocycles. The van der Waals surface area contributed by atoms with Gasteiger partial charge in [-0.05, 0) is 151 Å². The monoisotopic (exact) mass is 704 g/mol. The quantitative estimate of drug-likeness (QED) is 0.250. The molecule has 1 heterocycles. The molecule has 0 spiro atoms. The molecule has 5 aliphatic rings. The summed E-state index contributed by atoms with van der Waals surface area (Å²) in [5.74, 6) is 1.76. The van der Waals surface area contributed by atoms with Gasteiger partial charge in [0.25, 0.3) is 0 Å². The molecule has 0 bridgehead atoms. The van der Waals surface area contributed by atoms with Crippen LogP contribution in [-0.2, 0) is 11.3 Å². The number of aromatic nitrogens is 1. The first-order chi connectivity index (χ1) is 24.2. The van der Waals surface area contributed by atoms with Crippen LogP contribution >= 0.6 is 11.3 Å². The van der Waals surface area contributed by atoms with Gasteiger partial charge in [0.2, 0.25) is 5.91 Å². The molecule has 51 heavy (non-hydrogen) atoms. The largest absolute Gasteiger partial charge is 0.478 e. The van der Waals surface area contributed by atoms with E-state index in [1.165, 1.54) is 41.5 Å². The molecule has 6 heteroatoms. The minimum absolute atomic E-state index is 0.0175. The maximum atomic E-state index is 14.6. The Morgan fingerprint density at radius 3 is 2.35 bits per heavy atom. The van der Waals surface area contributed by atoms with Crippen molar-refractivity contribution in [3.63, 3.8) is 0 Å². The lowest BCUT2D eigenvalue weighted by Gasteiger charge is -2.72. The second kappa shape index (κ2) is 11.9. The van der Waals surface area contributed by atoms with Crippen LogP contribution in [0.3, 0.4) is 0 Å². The molecule has 0 saturated heterocycles.